The van der Waals surface area contributed by atoms with Crippen LogP contribution in [-0.4, -0.2) is 53.5 Å². The molecule has 1 fully saturated rings. The van der Waals surface area contributed by atoms with Gasteiger partial charge in [0.25, 0.3) is 5.91 Å². The topological polar surface area (TPSA) is 81.2 Å². The third-order valence-electron chi connectivity index (χ3n) is 5.18. The number of carbonyl (C=O) groups is 1. The number of piperidine rings is 1. The molecule has 0 radical (unpaired) electrons. The van der Waals surface area contributed by atoms with E-state index < -0.39 is 0 Å². The van der Waals surface area contributed by atoms with Crippen LogP contribution in [0.5, 0.6) is 0 Å². The first-order valence-corrected chi connectivity index (χ1v) is 10.2. The van der Waals surface area contributed by atoms with Crippen LogP contribution in [0.4, 0.5) is 0 Å². The Balaban J connectivity index is 1.35. The summed E-state index contributed by atoms with van der Waals surface area (Å²) in [5.41, 5.74) is 3.26. The lowest BCUT2D eigenvalue weighted by molar-refractivity contribution is 0.0704. The number of likely N-dealkylation sites (tertiary alicyclic amines) is 1. The molecule has 0 spiro atoms. The van der Waals surface area contributed by atoms with E-state index in [0.717, 1.165) is 35.6 Å². The molecule has 1 aliphatic rings. The number of hydrogen-bond acceptors (Lipinski definition) is 6. The second-order valence-electron chi connectivity index (χ2n) is 7.00. The third-order valence-corrected chi connectivity index (χ3v) is 5.87. The summed E-state index contributed by atoms with van der Waals surface area (Å²) in [6, 6.07) is 7.75. The summed E-state index contributed by atoms with van der Waals surface area (Å²) in [4.78, 5) is 14.5. The van der Waals surface area contributed by atoms with Crippen LogP contribution in [0.2, 0.25) is 0 Å². The maximum atomic E-state index is 12.6. The summed E-state index contributed by atoms with van der Waals surface area (Å²) >= 11 is 1.65. The highest BCUT2D eigenvalue weighted by molar-refractivity contribution is 7.08. The van der Waals surface area contributed by atoms with Crippen LogP contribution < -0.4 is 0 Å². The summed E-state index contributed by atoms with van der Waals surface area (Å²) in [5, 5.41) is 21.8. The van der Waals surface area contributed by atoms with Crippen molar-refractivity contribution < 1.29 is 4.79 Å². The molecule has 1 aliphatic heterocycles. The fraction of sp³-hybridized carbons (Fsp3) is 0.316. The molecule has 0 atom stereocenters. The molecule has 142 valence electrons. The predicted molar refractivity (Wildman–Crippen MR) is 105 cm³/mol. The first-order chi connectivity index (χ1) is 13.7. The van der Waals surface area contributed by atoms with Crippen LogP contribution in [0.15, 0.2) is 41.2 Å². The molecule has 0 aromatic carbocycles. The number of aromatic nitrogens is 6. The summed E-state index contributed by atoms with van der Waals surface area (Å²) in [7, 11) is 1.82. The molecule has 28 heavy (non-hydrogen) atoms. The van der Waals surface area contributed by atoms with Gasteiger partial charge in [-0.2, -0.15) is 26.0 Å². The van der Waals surface area contributed by atoms with Crippen molar-refractivity contribution in [2.45, 2.75) is 18.8 Å². The number of carbonyl (C=O) groups excluding carboxylic acids is 1. The summed E-state index contributed by atoms with van der Waals surface area (Å²) in [6.07, 6.45) is 3.46. The maximum Gasteiger partial charge on any atom is 0.274 e. The Bertz CT molecular complexity index is 1120. The van der Waals surface area contributed by atoms with Crippen LogP contribution >= 0.6 is 11.3 Å². The van der Waals surface area contributed by atoms with Gasteiger partial charge in [0.15, 0.2) is 11.5 Å². The number of thiophene rings is 1. The number of hydrogen-bond donors (Lipinski definition) is 0. The van der Waals surface area contributed by atoms with Crippen LogP contribution in [0.3, 0.4) is 0 Å². The van der Waals surface area contributed by atoms with Gasteiger partial charge in [-0.05, 0) is 42.5 Å². The normalized spacial score (nSPS) is 15.4. The van der Waals surface area contributed by atoms with Crippen molar-refractivity contribution in [3.63, 3.8) is 0 Å². The van der Waals surface area contributed by atoms with Crippen LogP contribution in [-0.2, 0) is 7.05 Å². The van der Waals surface area contributed by atoms with E-state index in [1.54, 1.807) is 28.3 Å². The molecular formula is C19H19N7OS. The van der Waals surface area contributed by atoms with Gasteiger partial charge in [0, 0.05) is 43.2 Å². The van der Waals surface area contributed by atoms with Crippen molar-refractivity contribution in [2.24, 2.45) is 7.05 Å². The van der Waals surface area contributed by atoms with E-state index >= 15 is 0 Å². The first-order valence-electron chi connectivity index (χ1n) is 9.23. The Kier molecular flexibility index (Phi) is 4.16. The molecule has 0 saturated carbocycles. The van der Waals surface area contributed by atoms with E-state index in [4.69, 9.17) is 5.10 Å². The van der Waals surface area contributed by atoms with Gasteiger partial charge in [-0.3, -0.25) is 9.48 Å². The Morgan fingerprint density at radius 3 is 2.68 bits per heavy atom. The quantitative estimate of drug-likeness (QED) is 0.534. The lowest BCUT2D eigenvalue weighted by atomic mass is 9.96. The van der Waals surface area contributed by atoms with Crippen molar-refractivity contribution in [3.05, 3.63) is 52.7 Å². The van der Waals surface area contributed by atoms with Gasteiger partial charge in [-0.1, -0.05) is 0 Å². The second kappa shape index (κ2) is 6.83. The highest BCUT2D eigenvalue weighted by Crippen LogP contribution is 2.28. The van der Waals surface area contributed by atoms with Gasteiger partial charge in [0.05, 0.1) is 5.69 Å². The minimum atomic E-state index is -0.0111. The molecule has 0 aliphatic carbocycles. The fourth-order valence-electron chi connectivity index (χ4n) is 3.66. The summed E-state index contributed by atoms with van der Waals surface area (Å²) < 4.78 is 3.51. The van der Waals surface area contributed by atoms with Gasteiger partial charge >= 0.3 is 0 Å². The van der Waals surface area contributed by atoms with Crippen molar-refractivity contribution in [1.29, 1.82) is 0 Å². The van der Waals surface area contributed by atoms with Gasteiger partial charge in [-0.25, -0.2) is 0 Å². The van der Waals surface area contributed by atoms with Gasteiger partial charge in [0.1, 0.15) is 5.69 Å². The standard InChI is InChI=1S/C19H19N7OS/c1-24-8-6-16(22-24)19(27)25-9-4-13(5-10-25)18-21-20-17-3-2-15(23-26(17)18)14-7-11-28-12-14/h2-3,6-8,11-13H,4-5,9-10H2,1H3. The van der Waals surface area contributed by atoms with E-state index in [0.29, 0.717) is 18.8 Å². The molecule has 8 nitrogen and oxygen atoms in total. The second-order valence-corrected chi connectivity index (χ2v) is 7.78. The minimum absolute atomic E-state index is 0.0111. The molecule has 0 N–H and O–H groups in total. The third kappa shape index (κ3) is 2.97. The molecule has 5 rings (SSSR count). The molecule has 1 saturated heterocycles. The highest BCUT2D eigenvalue weighted by Gasteiger charge is 2.28. The van der Waals surface area contributed by atoms with Gasteiger partial charge < -0.3 is 4.90 Å². The van der Waals surface area contributed by atoms with Gasteiger partial charge in [0.2, 0.25) is 0 Å². The van der Waals surface area contributed by atoms with E-state index in [9.17, 15) is 4.79 Å². The number of fused-ring (bicyclic) bond motifs is 1. The van der Waals surface area contributed by atoms with Crippen molar-refractivity contribution in [1.82, 2.24) is 34.5 Å². The molecule has 0 unspecified atom stereocenters. The van der Waals surface area contributed by atoms with E-state index in [-0.39, 0.29) is 11.8 Å². The zero-order valence-electron chi connectivity index (χ0n) is 15.4. The molecular weight excluding hydrogens is 374 g/mol. The fourth-order valence-corrected chi connectivity index (χ4v) is 4.31. The number of aryl methyl sites for hydroxylation is 1. The first kappa shape index (κ1) is 17.1. The van der Waals surface area contributed by atoms with Crippen LogP contribution in [0, 0.1) is 0 Å². The minimum Gasteiger partial charge on any atom is -0.337 e. The average Bonchev–Trinajstić information content (AvgIpc) is 3.47. The van der Waals surface area contributed by atoms with E-state index in [1.165, 1.54) is 0 Å². The molecule has 9 heteroatoms. The number of rotatable bonds is 3. The molecule has 4 aromatic rings. The average molecular weight is 393 g/mol. The van der Waals surface area contributed by atoms with Gasteiger partial charge in [-0.15, -0.1) is 10.2 Å². The molecule has 5 heterocycles. The zero-order valence-corrected chi connectivity index (χ0v) is 16.2. The molecule has 4 aromatic heterocycles. The molecule has 0 bridgehead atoms. The SMILES string of the molecule is Cn1ccc(C(=O)N2CCC(c3nnc4ccc(-c5ccsc5)nn34)CC2)n1. The Labute approximate surface area is 165 Å². The van der Waals surface area contributed by atoms with Crippen molar-refractivity contribution in [3.8, 4) is 11.3 Å². The van der Waals surface area contributed by atoms with E-state index in [1.807, 2.05) is 34.0 Å². The monoisotopic (exact) mass is 393 g/mol. The maximum absolute atomic E-state index is 12.6. The van der Waals surface area contributed by atoms with Crippen molar-refractivity contribution in [2.75, 3.05) is 13.1 Å². The van der Waals surface area contributed by atoms with Crippen molar-refractivity contribution >= 4 is 22.9 Å². The summed E-state index contributed by atoms with van der Waals surface area (Å²) in [5.74, 6) is 1.09. The zero-order chi connectivity index (χ0) is 19.1. The lowest BCUT2D eigenvalue weighted by Gasteiger charge is -2.30. The van der Waals surface area contributed by atoms with Crippen LogP contribution in [0.1, 0.15) is 35.1 Å². The molecule has 1 amide bonds. The largest absolute Gasteiger partial charge is 0.337 e. The number of amides is 1. The smallest absolute Gasteiger partial charge is 0.274 e. The Hall–Kier alpha value is -3.07. The Morgan fingerprint density at radius 1 is 1.11 bits per heavy atom. The highest BCUT2D eigenvalue weighted by atomic mass is 32.1. The Morgan fingerprint density at radius 2 is 1.96 bits per heavy atom. The van der Waals surface area contributed by atoms with E-state index in [2.05, 4.69) is 26.7 Å². The van der Waals surface area contributed by atoms with Crippen LogP contribution in [0.25, 0.3) is 16.9 Å². The lowest BCUT2D eigenvalue weighted by Crippen LogP contribution is -2.38. The predicted octanol–water partition coefficient (Wildman–Crippen LogP) is 2.61. The number of nitrogens with zero attached hydrogens (tertiary/aromatic N) is 7. The summed E-state index contributed by atoms with van der Waals surface area (Å²) in [6.45, 7) is 1.36.